The number of hydrogen-bond acceptors (Lipinski definition) is 3. The fourth-order valence-electron chi connectivity index (χ4n) is 1.30. The first-order valence-corrected chi connectivity index (χ1v) is 6.26. The van der Waals surface area contributed by atoms with Crippen molar-refractivity contribution in [1.29, 1.82) is 0 Å². The number of halogens is 2. The molecule has 2 heterocycles. The number of nitrogens with zero attached hydrogens (tertiary/aromatic N) is 2. The molecule has 0 aliphatic heterocycles. The summed E-state index contributed by atoms with van der Waals surface area (Å²) in [5.41, 5.74) is 1.25. The molecule has 0 saturated heterocycles. The topological polar surface area (TPSA) is 25.8 Å². The minimum absolute atomic E-state index is 0.352. The van der Waals surface area contributed by atoms with Crippen molar-refractivity contribution in [3.8, 4) is 0 Å². The van der Waals surface area contributed by atoms with Gasteiger partial charge in [-0.05, 0) is 35.3 Å². The van der Waals surface area contributed by atoms with Gasteiger partial charge in [0.1, 0.15) is 15.3 Å². The maximum Gasteiger partial charge on any atom is 0.146 e. The summed E-state index contributed by atoms with van der Waals surface area (Å²) in [5, 5.41) is 1.11. The molecule has 0 unspecified atom stereocenters. The van der Waals surface area contributed by atoms with Crippen LogP contribution in [0.25, 0.3) is 10.2 Å². The molecule has 5 heteroatoms. The van der Waals surface area contributed by atoms with Crippen molar-refractivity contribution in [1.82, 2.24) is 9.97 Å². The summed E-state index contributed by atoms with van der Waals surface area (Å²) in [7, 11) is 0. The Kier molecular flexibility index (Phi) is 2.77. The zero-order valence-electron chi connectivity index (χ0n) is 7.77. The number of aromatic nitrogens is 2. The Bertz CT molecular complexity index is 495. The molecule has 2 aromatic heterocycles. The molecule has 0 spiro atoms. The Morgan fingerprint density at radius 2 is 2.07 bits per heavy atom. The van der Waals surface area contributed by atoms with Crippen LogP contribution in [0.2, 0.25) is 0 Å². The molecule has 2 rings (SSSR count). The second kappa shape index (κ2) is 3.76. The van der Waals surface area contributed by atoms with Crippen molar-refractivity contribution >= 4 is 49.1 Å². The van der Waals surface area contributed by atoms with Gasteiger partial charge in [0.2, 0.25) is 0 Å². The number of aryl methyl sites for hydroxylation is 2. The van der Waals surface area contributed by atoms with E-state index in [1.165, 1.54) is 10.4 Å². The van der Waals surface area contributed by atoms with Crippen molar-refractivity contribution in [2.45, 2.75) is 19.7 Å². The molecule has 0 aromatic carbocycles. The van der Waals surface area contributed by atoms with Gasteiger partial charge in [0, 0.05) is 10.3 Å². The second-order valence-electron chi connectivity index (χ2n) is 3.03. The summed E-state index contributed by atoms with van der Waals surface area (Å²) in [6, 6.07) is 0. The largest absolute Gasteiger partial charge is 0.224 e. The average molecular weight is 292 g/mol. The van der Waals surface area contributed by atoms with E-state index >= 15 is 0 Å². The zero-order chi connectivity index (χ0) is 10.3. The number of alkyl halides is 1. The van der Waals surface area contributed by atoms with E-state index in [-0.39, 0.29) is 0 Å². The molecule has 0 aliphatic rings. The van der Waals surface area contributed by atoms with E-state index in [0.717, 1.165) is 14.8 Å². The van der Waals surface area contributed by atoms with Crippen molar-refractivity contribution in [3.63, 3.8) is 0 Å². The van der Waals surface area contributed by atoms with Gasteiger partial charge in [-0.25, -0.2) is 9.97 Å². The van der Waals surface area contributed by atoms with E-state index in [4.69, 9.17) is 11.6 Å². The Balaban J connectivity index is 2.83. The SMILES string of the molecule is Cc1sc2nc(CCl)nc(Br)c2c1C. The molecule has 0 bridgehead atoms. The summed E-state index contributed by atoms with van der Waals surface area (Å²) in [6.45, 7) is 4.18. The maximum atomic E-state index is 5.70. The van der Waals surface area contributed by atoms with E-state index in [0.29, 0.717) is 11.7 Å². The zero-order valence-corrected chi connectivity index (χ0v) is 10.9. The first-order chi connectivity index (χ1) is 6.63. The first kappa shape index (κ1) is 10.3. The third kappa shape index (κ3) is 1.55. The van der Waals surface area contributed by atoms with E-state index in [2.05, 4.69) is 39.7 Å². The third-order valence-electron chi connectivity index (χ3n) is 2.15. The Morgan fingerprint density at radius 1 is 1.36 bits per heavy atom. The van der Waals surface area contributed by atoms with Gasteiger partial charge in [-0.3, -0.25) is 0 Å². The van der Waals surface area contributed by atoms with Crippen LogP contribution in [0.3, 0.4) is 0 Å². The highest BCUT2D eigenvalue weighted by Crippen LogP contribution is 2.33. The van der Waals surface area contributed by atoms with Crippen molar-refractivity contribution < 1.29 is 0 Å². The van der Waals surface area contributed by atoms with Gasteiger partial charge in [0.15, 0.2) is 0 Å². The van der Waals surface area contributed by atoms with Gasteiger partial charge in [0.25, 0.3) is 0 Å². The molecule has 0 saturated carbocycles. The van der Waals surface area contributed by atoms with E-state index in [1.54, 1.807) is 11.3 Å². The van der Waals surface area contributed by atoms with Crippen LogP contribution >= 0.6 is 38.9 Å². The highest BCUT2D eigenvalue weighted by molar-refractivity contribution is 9.10. The Morgan fingerprint density at radius 3 is 2.71 bits per heavy atom. The van der Waals surface area contributed by atoms with Gasteiger partial charge < -0.3 is 0 Å². The summed E-state index contributed by atoms with van der Waals surface area (Å²) in [6.07, 6.45) is 0. The van der Waals surface area contributed by atoms with Gasteiger partial charge in [0.05, 0.1) is 5.88 Å². The molecule has 74 valence electrons. The van der Waals surface area contributed by atoms with Crippen LogP contribution in [0.5, 0.6) is 0 Å². The monoisotopic (exact) mass is 290 g/mol. The molecule has 0 radical (unpaired) electrons. The average Bonchev–Trinajstić information content (AvgIpc) is 2.43. The van der Waals surface area contributed by atoms with E-state index in [1.807, 2.05) is 0 Å². The van der Waals surface area contributed by atoms with Crippen molar-refractivity contribution in [2.24, 2.45) is 0 Å². The number of hydrogen-bond donors (Lipinski definition) is 0. The first-order valence-electron chi connectivity index (χ1n) is 4.11. The molecular weight excluding hydrogens is 284 g/mol. The quantitative estimate of drug-likeness (QED) is 0.590. The lowest BCUT2D eigenvalue weighted by atomic mass is 10.2. The van der Waals surface area contributed by atoms with E-state index in [9.17, 15) is 0 Å². The molecular formula is C9H8BrClN2S. The van der Waals surface area contributed by atoms with Gasteiger partial charge in [-0.2, -0.15) is 0 Å². The fourth-order valence-corrected chi connectivity index (χ4v) is 3.29. The molecule has 2 aromatic rings. The fraction of sp³-hybridized carbons (Fsp3) is 0.333. The van der Waals surface area contributed by atoms with Crippen LogP contribution in [-0.2, 0) is 5.88 Å². The number of rotatable bonds is 1. The summed E-state index contributed by atoms with van der Waals surface area (Å²) < 4.78 is 0.847. The van der Waals surface area contributed by atoms with Gasteiger partial charge >= 0.3 is 0 Å². The molecule has 2 nitrogen and oxygen atoms in total. The number of thiophene rings is 1. The molecule has 0 atom stereocenters. The predicted molar refractivity (Wildman–Crippen MR) is 64.1 cm³/mol. The third-order valence-corrected chi connectivity index (χ3v) is 4.06. The lowest BCUT2D eigenvalue weighted by Crippen LogP contribution is -1.91. The summed E-state index contributed by atoms with van der Waals surface area (Å²) in [5.74, 6) is 1.03. The van der Waals surface area contributed by atoms with Crippen LogP contribution in [0.15, 0.2) is 4.60 Å². The van der Waals surface area contributed by atoms with Crippen LogP contribution in [0, 0.1) is 13.8 Å². The van der Waals surface area contributed by atoms with Crippen molar-refractivity contribution in [2.75, 3.05) is 0 Å². The predicted octanol–water partition coefficient (Wildman–Crippen LogP) is 3.81. The van der Waals surface area contributed by atoms with Crippen LogP contribution in [-0.4, -0.2) is 9.97 Å². The van der Waals surface area contributed by atoms with Crippen molar-refractivity contribution in [3.05, 3.63) is 20.9 Å². The van der Waals surface area contributed by atoms with Gasteiger partial charge in [-0.15, -0.1) is 22.9 Å². The highest BCUT2D eigenvalue weighted by Gasteiger charge is 2.11. The second-order valence-corrected chi connectivity index (χ2v) is 5.25. The summed E-state index contributed by atoms with van der Waals surface area (Å²) >= 11 is 10.8. The maximum absolute atomic E-state index is 5.70. The Hall–Kier alpha value is -0.190. The van der Waals surface area contributed by atoms with E-state index < -0.39 is 0 Å². The standard InChI is InChI=1S/C9H8BrClN2S/c1-4-5(2)14-9-7(4)8(10)12-6(3-11)13-9/h3H2,1-2H3. The highest BCUT2D eigenvalue weighted by atomic mass is 79.9. The van der Waals surface area contributed by atoms with Gasteiger partial charge in [-0.1, -0.05) is 0 Å². The smallest absolute Gasteiger partial charge is 0.146 e. The van der Waals surface area contributed by atoms with Crippen LogP contribution in [0.4, 0.5) is 0 Å². The lowest BCUT2D eigenvalue weighted by molar-refractivity contribution is 1.05. The molecule has 0 N–H and O–H groups in total. The minimum atomic E-state index is 0.352. The molecule has 0 fully saturated rings. The van der Waals surface area contributed by atoms with Crippen LogP contribution in [0.1, 0.15) is 16.3 Å². The van der Waals surface area contributed by atoms with Crippen LogP contribution < -0.4 is 0 Å². The summed E-state index contributed by atoms with van der Waals surface area (Å²) in [4.78, 5) is 10.9. The molecule has 0 aliphatic carbocycles. The Labute approximate surface area is 99.5 Å². The molecule has 14 heavy (non-hydrogen) atoms. The lowest BCUT2D eigenvalue weighted by Gasteiger charge is -1.98. The molecule has 0 amide bonds. The minimum Gasteiger partial charge on any atom is -0.224 e. The normalized spacial score (nSPS) is 11.1. The number of fused-ring (bicyclic) bond motifs is 1.